The van der Waals surface area contributed by atoms with Crippen molar-refractivity contribution in [1.82, 2.24) is 0 Å². The summed E-state index contributed by atoms with van der Waals surface area (Å²) >= 11 is 0. The number of hydrogen-bond acceptors (Lipinski definition) is 5. The van der Waals surface area contributed by atoms with Crippen LogP contribution in [0.5, 0.6) is 0 Å². The molecule has 80 valence electrons. The van der Waals surface area contributed by atoms with Gasteiger partial charge in [-0.15, -0.1) is 0 Å². The molecule has 1 aromatic rings. The van der Waals surface area contributed by atoms with Crippen LogP contribution in [0.2, 0.25) is 0 Å². The third kappa shape index (κ3) is 1.04. The summed E-state index contributed by atoms with van der Waals surface area (Å²) in [7, 11) is 0. The fraction of sp³-hybridized carbons (Fsp3) is 0.200. The lowest BCUT2D eigenvalue weighted by atomic mass is 9.89. The second-order valence-corrected chi connectivity index (χ2v) is 3.69. The van der Waals surface area contributed by atoms with Crippen molar-refractivity contribution >= 4 is 17.3 Å². The highest BCUT2D eigenvalue weighted by molar-refractivity contribution is 6.20. The lowest BCUT2D eigenvalue weighted by Gasteiger charge is -2.08. The third-order valence-corrected chi connectivity index (χ3v) is 2.75. The number of nitro benzene ring substituents is 1. The van der Waals surface area contributed by atoms with Gasteiger partial charge < -0.3 is 4.74 Å². The van der Waals surface area contributed by atoms with E-state index in [0.717, 1.165) is 6.07 Å². The van der Waals surface area contributed by atoms with Gasteiger partial charge in [0.1, 0.15) is 0 Å². The Bertz CT molecular complexity index is 550. The molecule has 0 spiro atoms. The Morgan fingerprint density at radius 1 is 1.12 bits per heavy atom. The second-order valence-electron chi connectivity index (χ2n) is 3.69. The molecule has 1 fully saturated rings. The molecule has 16 heavy (non-hydrogen) atoms. The Morgan fingerprint density at radius 3 is 2.38 bits per heavy atom. The number of carbonyl (C=O) groups excluding carboxylic acids is 2. The minimum atomic E-state index is -0.720. The van der Waals surface area contributed by atoms with Gasteiger partial charge in [0.15, 0.2) is 23.8 Å². The normalized spacial score (nSPS) is 26.0. The van der Waals surface area contributed by atoms with E-state index in [1.807, 2.05) is 0 Å². The van der Waals surface area contributed by atoms with Gasteiger partial charge in [0.25, 0.3) is 5.69 Å². The number of rotatable bonds is 1. The van der Waals surface area contributed by atoms with E-state index in [1.165, 1.54) is 12.1 Å². The summed E-state index contributed by atoms with van der Waals surface area (Å²) in [6, 6.07) is 3.66. The first-order valence-corrected chi connectivity index (χ1v) is 4.62. The lowest BCUT2D eigenvalue weighted by Crippen LogP contribution is -2.25. The molecule has 1 heterocycles. The van der Waals surface area contributed by atoms with Crippen molar-refractivity contribution in [3.8, 4) is 0 Å². The fourth-order valence-electron chi connectivity index (χ4n) is 1.88. The molecule has 6 nitrogen and oxygen atoms in total. The van der Waals surface area contributed by atoms with Gasteiger partial charge in [0.2, 0.25) is 0 Å². The van der Waals surface area contributed by atoms with Gasteiger partial charge in [0.05, 0.1) is 4.92 Å². The number of ketones is 2. The van der Waals surface area contributed by atoms with Gasteiger partial charge in [-0.25, -0.2) is 0 Å². The standard InChI is InChI=1S/C10H5NO5/c12-7-5-2-1-4(11(14)15)3-6(5)8(13)10-9(7)16-10/h1-3,9-10H. The predicted octanol–water partition coefficient (Wildman–Crippen LogP) is 0.741. The summed E-state index contributed by atoms with van der Waals surface area (Å²) in [5.74, 6) is -0.613. The summed E-state index contributed by atoms with van der Waals surface area (Å²) in [5, 5.41) is 10.5. The van der Waals surface area contributed by atoms with Gasteiger partial charge >= 0.3 is 0 Å². The van der Waals surface area contributed by atoms with Crippen molar-refractivity contribution < 1.29 is 19.2 Å². The number of nitrogens with zero attached hydrogens (tertiary/aromatic N) is 1. The SMILES string of the molecule is O=C1c2ccc([N+](=O)[O-])cc2C(=O)C2OC12. The molecule has 1 aromatic carbocycles. The van der Waals surface area contributed by atoms with E-state index in [2.05, 4.69) is 0 Å². The monoisotopic (exact) mass is 219 g/mol. The first-order valence-electron chi connectivity index (χ1n) is 4.62. The van der Waals surface area contributed by atoms with Gasteiger partial charge in [0, 0.05) is 23.3 Å². The molecular formula is C10H5NO5. The molecule has 0 bridgehead atoms. The van der Waals surface area contributed by atoms with Crippen molar-refractivity contribution in [2.45, 2.75) is 12.2 Å². The number of hydrogen-bond donors (Lipinski definition) is 0. The average molecular weight is 219 g/mol. The van der Waals surface area contributed by atoms with Crippen LogP contribution in [0.25, 0.3) is 0 Å². The number of carbonyl (C=O) groups is 2. The smallest absolute Gasteiger partial charge is 0.270 e. The lowest BCUT2D eigenvalue weighted by molar-refractivity contribution is -0.384. The molecule has 2 aliphatic rings. The highest BCUT2D eigenvalue weighted by Crippen LogP contribution is 2.36. The maximum atomic E-state index is 11.7. The average Bonchev–Trinajstić information content (AvgIpc) is 3.05. The zero-order valence-electron chi connectivity index (χ0n) is 7.88. The predicted molar refractivity (Wildman–Crippen MR) is 50.4 cm³/mol. The first-order chi connectivity index (χ1) is 7.59. The van der Waals surface area contributed by atoms with E-state index >= 15 is 0 Å². The molecule has 2 atom stereocenters. The topological polar surface area (TPSA) is 89.8 Å². The Hall–Kier alpha value is -2.08. The summed E-state index contributed by atoms with van der Waals surface area (Å²) < 4.78 is 4.92. The highest BCUT2D eigenvalue weighted by atomic mass is 16.6. The van der Waals surface area contributed by atoms with Gasteiger partial charge in [-0.3, -0.25) is 19.7 Å². The summed E-state index contributed by atoms with van der Waals surface area (Å²) in [5.41, 5.74) is 0.117. The number of epoxide rings is 1. The number of non-ortho nitro benzene ring substituents is 1. The van der Waals surface area contributed by atoms with Crippen LogP contribution in [-0.2, 0) is 4.74 Å². The fourth-order valence-corrected chi connectivity index (χ4v) is 1.88. The van der Waals surface area contributed by atoms with Crippen LogP contribution in [0.4, 0.5) is 5.69 Å². The van der Waals surface area contributed by atoms with Crippen LogP contribution >= 0.6 is 0 Å². The molecule has 0 amide bonds. The van der Waals surface area contributed by atoms with Crippen molar-refractivity contribution in [3.05, 3.63) is 39.4 Å². The van der Waals surface area contributed by atoms with E-state index in [9.17, 15) is 19.7 Å². The number of fused-ring (bicyclic) bond motifs is 2. The first kappa shape index (κ1) is 9.17. The Balaban J connectivity index is 2.18. The quantitative estimate of drug-likeness (QED) is 0.394. The number of benzene rings is 1. The van der Waals surface area contributed by atoms with Gasteiger partial charge in [-0.1, -0.05) is 0 Å². The van der Waals surface area contributed by atoms with Crippen molar-refractivity contribution in [1.29, 1.82) is 0 Å². The molecular weight excluding hydrogens is 214 g/mol. The van der Waals surface area contributed by atoms with Gasteiger partial charge in [-0.2, -0.15) is 0 Å². The van der Waals surface area contributed by atoms with E-state index in [0.29, 0.717) is 0 Å². The Kier molecular flexibility index (Phi) is 1.57. The number of nitro groups is 1. The Morgan fingerprint density at radius 2 is 1.75 bits per heavy atom. The van der Waals surface area contributed by atoms with E-state index < -0.39 is 17.1 Å². The number of ether oxygens (including phenoxy) is 1. The largest absolute Gasteiger partial charge is 0.352 e. The highest BCUT2D eigenvalue weighted by Gasteiger charge is 2.55. The van der Waals surface area contributed by atoms with Crippen LogP contribution < -0.4 is 0 Å². The van der Waals surface area contributed by atoms with Crippen LogP contribution in [0.3, 0.4) is 0 Å². The van der Waals surface area contributed by atoms with Crippen LogP contribution in [0.15, 0.2) is 18.2 Å². The maximum absolute atomic E-state index is 11.7. The summed E-state index contributed by atoms with van der Waals surface area (Å²) in [6.07, 6.45) is -1.39. The van der Waals surface area contributed by atoms with Gasteiger partial charge in [-0.05, 0) is 6.07 Å². The second kappa shape index (κ2) is 2.73. The molecule has 1 saturated heterocycles. The minimum absolute atomic E-state index is 0.0953. The molecule has 0 radical (unpaired) electrons. The maximum Gasteiger partial charge on any atom is 0.270 e. The molecule has 0 aromatic heterocycles. The molecule has 6 heteroatoms. The van der Waals surface area contributed by atoms with E-state index in [1.54, 1.807) is 0 Å². The van der Waals surface area contributed by atoms with Crippen molar-refractivity contribution in [3.63, 3.8) is 0 Å². The summed E-state index contributed by atoms with van der Waals surface area (Å²) in [6.45, 7) is 0. The van der Waals surface area contributed by atoms with E-state index in [-0.39, 0.29) is 28.4 Å². The molecule has 0 N–H and O–H groups in total. The zero-order chi connectivity index (χ0) is 11.4. The summed E-state index contributed by atoms with van der Waals surface area (Å²) in [4.78, 5) is 33.3. The number of Topliss-reactive ketones (excluding diaryl/α,β-unsaturated/α-hetero) is 2. The minimum Gasteiger partial charge on any atom is -0.352 e. The molecule has 2 unspecified atom stereocenters. The third-order valence-electron chi connectivity index (χ3n) is 2.75. The molecule has 1 aliphatic heterocycles. The van der Waals surface area contributed by atoms with E-state index in [4.69, 9.17) is 4.74 Å². The Labute approximate surface area is 89.0 Å². The molecule has 0 saturated carbocycles. The van der Waals surface area contributed by atoms with Crippen LogP contribution in [0.1, 0.15) is 20.7 Å². The molecule has 1 aliphatic carbocycles. The zero-order valence-corrected chi connectivity index (χ0v) is 7.88. The van der Waals surface area contributed by atoms with Crippen LogP contribution in [-0.4, -0.2) is 28.7 Å². The van der Waals surface area contributed by atoms with Crippen LogP contribution in [0, 0.1) is 10.1 Å². The van der Waals surface area contributed by atoms with Crippen molar-refractivity contribution in [2.75, 3.05) is 0 Å². The molecule has 3 rings (SSSR count). The van der Waals surface area contributed by atoms with Crippen molar-refractivity contribution in [2.24, 2.45) is 0 Å².